The molecule has 0 bridgehead atoms. The summed E-state index contributed by atoms with van der Waals surface area (Å²) in [6.45, 7) is 5.61. The molecule has 0 aliphatic carbocycles. The molecule has 8 nitrogen and oxygen atoms in total. The molecule has 40 heavy (non-hydrogen) atoms. The summed E-state index contributed by atoms with van der Waals surface area (Å²) in [7, 11) is 3.08. The highest BCUT2D eigenvalue weighted by atomic mass is 35.5. The summed E-state index contributed by atoms with van der Waals surface area (Å²) in [4.78, 5) is 32.2. The van der Waals surface area contributed by atoms with E-state index in [2.05, 4.69) is 4.99 Å². The lowest BCUT2D eigenvalue weighted by atomic mass is 9.95. The van der Waals surface area contributed by atoms with Crippen LogP contribution in [0.4, 0.5) is 0 Å². The number of carbonyl (C=O) groups is 1. The number of hydrogen-bond acceptors (Lipinski definition) is 8. The SMILES string of the molecule is CCOC(=O)C1=C(C)N=c2s/c(=C\c3ccc(-c4cc(Cl)ccc4C)o3)c(=O)n2C1c1cc(OC)ccc1OC. The number of aryl methyl sites for hydroxylation is 1. The van der Waals surface area contributed by atoms with Crippen molar-refractivity contribution in [3.8, 4) is 22.8 Å². The van der Waals surface area contributed by atoms with Crippen molar-refractivity contribution in [1.29, 1.82) is 0 Å². The van der Waals surface area contributed by atoms with Gasteiger partial charge in [0.25, 0.3) is 5.56 Å². The first-order valence-corrected chi connectivity index (χ1v) is 13.7. The Balaban J connectivity index is 1.69. The van der Waals surface area contributed by atoms with Crippen LogP contribution in [-0.2, 0) is 9.53 Å². The Hall–Kier alpha value is -4.08. The monoisotopic (exact) mass is 578 g/mol. The fraction of sp³-hybridized carbons (Fsp3) is 0.233. The normalized spacial score (nSPS) is 15.1. The van der Waals surface area contributed by atoms with Crippen LogP contribution in [0, 0.1) is 6.92 Å². The topological polar surface area (TPSA) is 92.3 Å². The van der Waals surface area contributed by atoms with E-state index in [4.69, 9.17) is 30.2 Å². The van der Waals surface area contributed by atoms with Gasteiger partial charge in [-0.1, -0.05) is 29.0 Å². The molecule has 10 heteroatoms. The summed E-state index contributed by atoms with van der Waals surface area (Å²) < 4.78 is 24.4. The number of esters is 1. The molecule has 206 valence electrons. The number of hydrogen-bond donors (Lipinski definition) is 0. The smallest absolute Gasteiger partial charge is 0.338 e. The average molecular weight is 579 g/mol. The zero-order chi connectivity index (χ0) is 28.6. The molecule has 3 heterocycles. The van der Waals surface area contributed by atoms with Crippen LogP contribution in [0.5, 0.6) is 11.5 Å². The van der Waals surface area contributed by atoms with E-state index in [1.807, 2.05) is 31.2 Å². The molecule has 0 amide bonds. The van der Waals surface area contributed by atoms with Gasteiger partial charge in [-0.05, 0) is 68.8 Å². The number of halogens is 1. The zero-order valence-electron chi connectivity index (χ0n) is 22.6. The minimum atomic E-state index is -0.844. The molecule has 1 unspecified atom stereocenters. The number of fused-ring (bicyclic) bond motifs is 1. The summed E-state index contributed by atoms with van der Waals surface area (Å²) in [5, 5.41) is 0.604. The molecule has 1 atom stereocenters. The summed E-state index contributed by atoms with van der Waals surface area (Å²) in [5.74, 6) is 1.62. The highest BCUT2D eigenvalue weighted by Gasteiger charge is 2.35. The molecule has 0 fully saturated rings. The first-order valence-electron chi connectivity index (χ1n) is 12.5. The second-order valence-electron chi connectivity index (χ2n) is 9.07. The van der Waals surface area contributed by atoms with Crippen LogP contribution in [0.3, 0.4) is 0 Å². The van der Waals surface area contributed by atoms with Crippen LogP contribution in [-0.4, -0.2) is 31.4 Å². The van der Waals surface area contributed by atoms with Gasteiger partial charge in [-0.25, -0.2) is 9.79 Å². The summed E-state index contributed by atoms with van der Waals surface area (Å²) in [6, 6.07) is 13.6. The molecule has 2 aromatic heterocycles. The van der Waals surface area contributed by atoms with Crippen LogP contribution in [0.15, 0.2) is 74.0 Å². The third-order valence-corrected chi connectivity index (χ3v) is 7.83. The number of furan rings is 1. The molecular weight excluding hydrogens is 552 g/mol. The second-order valence-corrected chi connectivity index (χ2v) is 10.5. The summed E-state index contributed by atoms with van der Waals surface area (Å²) in [5.41, 5.74) is 2.84. The van der Waals surface area contributed by atoms with Crippen molar-refractivity contribution < 1.29 is 23.4 Å². The van der Waals surface area contributed by atoms with E-state index in [-0.39, 0.29) is 17.7 Å². The van der Waals surface area contributed by atoms with Crippen LogP contribution in [0.1, 0.15) is 36.8 Å². The lowest BCUT2D eigenvalue weighted by Crippen LogP contribution is -2.40. The van der Waals surface area contributed by atoms with Crippen molar-refractivity contribution in [2.45, 2.75) is 26.8 Å². The van der Waals surface area contributed by atoms with Gasteiger partial charge in [0.15, 0.2) is 4.80 Å². The fourth-order valence-electron chi connectivity index (χ4n) is 4.70. The van der Waals surface area contributed by atoms with E-state index in [0.717, 1.165) is 11.1 Å². The maximum atomic E-state index is 13.9. The molecule has 2 aromatic carbocycles. The number of ether oxygens (including phenoxy) is 3. The Morgan fingerprint density at radius 2 is 1.93 bits per heavy atom. The van der Waals surface area contributed by atoms with Gasteiger partial charge in [-0.15, -0.1) is 0 Å². The first-order chi connectivity index (χ1) is 19.2. The molecule has 0 spiro atoms. The molecule has 1 aliphatic rings. The van der Waals surface area contributed by atoms with Crippen LogP contribution in [0.2, 0.25) is 5.02 Å². The van der Waals surface area contributed by atoms with E-state index < -0.39 is 12.0 Å². The van der Waals surface area contributed by atoms with Crippen molar-refractivity contribution in [3.05, 3.63) is 101 Å². The number of carbonyl (C=O) groups excluding carboxylic acids is 1. The fourth-order valence-corrected chi connectivity index (χ4v) is 5.90. The molecule has 0 saturated heterocycles. The number of rotatable bonds is 7. The molecule has 0 radical (unpaired) electrons. The van der Waals surface area contributed by atoms with Gasteiger partial charge >= 0.3 is 5.97 Å². The molecule has 0 N–H and O–H groups in total. The van der Waals surface area contributed by atoms with Crippen LogP contribution < -0.4 is 24.4 Å². The number of methoxy groups -OCH3 is 2. The number of thiazole rings is 1. The van der Waals surface area contributed by atoms with E-state index in [9.17, 15) is 9.59 Å². The van der Waals surface area contributed by atoms with E-state index in [1.54, 1.807) is 51.3 Å². The van der Waals surface area contributed by atoms with Crippen LogP contribution >= 0.6 is 22.9 Å². The Kier molecular flexibility index (Phi) is 7.69. The highest BCUT2D eigenvalue weighted by molar-refractivity contribution is 7.07. The van der Waals surface area contributed by atoms with E-state index >= 15 is 0 Å². The second kappa shape index (κ2) is 11.2. The quantitative estimate of drug-likeness (QED) is 0.285. The van der Waals surface area contributed by atoms with Gasteiger partial charge < -0.3 is 18.6 Å². The van der Waals surface area contributed by atoms with Crippen molar-refractivity contribution in [2.24, 2.45) is 4.99 Å². The lowest BCUT2D eigenvalue weighted by Gasteiger charge is -2.26. The molecule has 0 saturated carbocycles. The van der Waals surface area contributed by atoms with Crippen molar-refractivity contribution in [1.82, 2.24) is 4.57 Å². The summed E-state index contributed by atoms with van der Waals surface area (Å²) in [6.07, 6.45) is 1.68. The number of allylic oxidation sites excluding steroid dienone is 1. The predicted molar refractivity (Wildman–Crippen MR) is 154 cm³/mol. The van der Waals surface area contributed by atoms with Crippen molar-refractivity contribution in [2.75, 3.05) is 20.8 Å². The van der Waals surface area contributed by atoms with Crippen molar-refractivity contribution >= 4 is 35.0 Å². The number of nitrogens with zero attached hydrogens (tertiary/aromatic N) is 2. The van der Waals surface area contributed by atoms with E-state index in [0.29, 0.717) is 48.6 Å². The average Bonchev–Trinajstić information content (AvgIpc) is 3.53. The van der Waals surface area contributed by atoms with Gasteiger partial charge in [-0.2, -0.15) is 0 Å². The maximum Gasteiger partial charge on any atom is 0.338 e. The standard InChI is InChI=1S/C30H27ClN2O6S/c1-6-38-29(35)26-17(3)32-30-33(27(26)22-14-19(36-4)9-11-23(22)37-5)28(34)25(40-30)15-20-10-12-24(39-20)21-13-18(31)8-7-16(21)2/h7-15,27H,6H2,1-5H3/b25-15-. The minimum absolute atomic E-state index is 0.176. The third-order valence-electron chi connectivity index (χ3n) is 6.61. The van der Waals surface area contributed by atoms with Crippen molar-refractivity contribution in [3.63, 3.8) is 0 Å². The maximum absolute atomic E-state index is 13.9. The Labute approximate surface area is 239 Å². The van der Waals surface area contributed by atoms with Crippen LogP contribution in [0.25, 0.3) is 17.4 Å². The third kappa shape index (κ3) is 4.98. The van der Waals surface area contributed by atoms with Gasteiger partial charge in [0, 0.05) is 22.2 Å². The highest BCUT2D eigenvalue weighted by Crippen LogP contribution is 2.38. The van der Waals surface area contributed by atoms with Gasteiger partial charge in [-0.3, -0.25) is 9.36 Å². The minimum Gasteiger partial charge on any atom is -0.497 e. The number of aromatic nitrogens is 1. The Bertz CT molecular complexity index is 1830. The van der Waals surface area contributed by atoms with E-state index in [1.165, 1.54) is 23.0 Å². The number of benzene rings is 2. The largest absolute Gasteiger partial charge is 0.497 e. The van der Waals surface area contributed by atoms with Gasteiger partial charge in [0.1, 0.15) is 29.1 Å². The summed E-state index contributed by atoms with van der Waals surface area (Å²) >= 11 is 7.41. The zero-order valence-corrected chi connectivity index (χ0v) is 24.2. The Morgan fingerprint density at radius 3 is 2.65 bits per heavy atom. The molecule has 1 aliphatic heterocycles. The predicted octanol–water partition coefficient (Wildman–Crippen LogP) is 5.04. The molecule has 5 rings (SSSR count). The molecule has 4 aromatic rings. The molecular formula is C30H27ClN2O6S. The first kappa shape index (κ1) is 27.5. The van der Waals surface area contributed by atoms with Gasteiger partial charge in [0.2, 0.25) is 0 Å². The van der Waals surface area contributed by atoms with Gasteiger partial charge in [0.05, 0.1) is 36.6 Å². The lowest BCUT2D eigenvalue weighted by molar-refractivity contribution is -0.139. The Morgan fingerprint density at radius 1 is 1.12 bits per heavy atom.